The molecule has 0 heterocycles. The number of phenolic OH excluding ortho intramolecular Hbond substituents is 1. The Morgan fingerprint density at radius 2 is 1.95 bits per heavy atom. The van der Waals surface area contributed by atoms with Crippen molar-refractivity contribution in [3.63, 3.8) is 0 Å². The first-order chi connectivity index (χ1) is 10.1. The molecule has 0 aliphatic rings. The Morgan fingerprint density at radius 1 is 1.32 bits per heavy atom. The maximum Gasteiger partial charge on any atom is 0.334 e. The van der Waals surface area contributed by atoms with E-state index in [4.69, 9.17) is 9.84 Å². The van der Waals surface area contributed by atoms with E-state index in [2.05, 4.69) is 5.32 Å². The van der Waals surface area contributed by atoms with Gasteiger partial charge in [0.1, 0.15) is 18.5 Å². The second kappa shape index (κ2) is 7.58. The fourth-order valence-electron chi connectivity index (χ4n) is 1.72. The lowest BCUT2D eigenvalue weighted by molar-refractivity contribution is -0.153. The lowest BCUT2D eigenvalue weighted by Gasteiger charge is -2.23. The average Bonchev–Trinajstić information content (AvgIpc) is 2.42. The number of esters is 1. The Balaban J connectivity index is 2.74. The van der Waals surface area contributed by atoms with E-state index in [1.165, 1.54) is 13.0 Å². The zero-order chi connectivity index (χ0) is 16.9. The number of β-amino-alcohol motifs (C(OH)–C–C–N with tert-alkyl or cyclic N) is 1. The Morgan fingerprint density at radius 3 is 2.50 bits per heavy atom. The molecule has 6 nitrogen and oxygen atoms in total. The Hall–Kier alpha value is -1.63. The van der Waals surface area contributed by atoms with Gasteiger partial charge in [-0.1, -0.05) is 6.07 Å². The molecule has 0 saturated heterocycles. The molecule has 0 spiro atoms. The van der Waals surface area contributed by atoms with E-state index in [0.717, 1.165) is 0 Å². The largest absolute Gasteiger partial charge is 0.508 e. The molecule has 0 bridgehead atoms. The molecule has 0 fully saturated rings. The molecule has 2 unspecified atom stereocenters. The van der Waals surface area contributed by atoms with Crippen LogP contribution in [0.1, 0.15) is 44.9 Å². The summed E-state index contributed by atoms with van der Waals surface area (Å²) < 4.78 is 4.87. The Bertz CT molecular complexity index is 508. The van der Waals surface area contributed by atoms with E-state index in [1.807, 2.05) is 20.8 Å². The van der Waals surface area contributed by atoms with Crippen LogP contribution >= 0.6 is 0 Å². The number of hydrogen-bond acceptors (Lipinski definition) is 6. The summed E-state index contributed by atoms with van der Waals surface area (Å²) in [7, 11) is 0. The van der Waals surface area contributed by atoms with Crippen molar-refractivity contribution in [3.8, 4) is 5.75 Å². The van der Waals surface area contributed by atoms with Gasteiger partial charge in [-0.15, -0.1) is 0 Å². The topological polar surface area (TPSA) is 99.0 Å². The molecular weight excluding hydrogens is 286 g/mol. The fourth-order valence-corrected chi connectivity index (χ4v) is 1.72. The third kappa shape index (κ3) is 6.01. The van der Waals surface area contributed by atoms with Crippen LogP contribution in [0.4, 0.5) is 0 Å². The summed E-state index contributed by atoms with van der Waals surface area (Å²) in [4.78, 5) is 11.2. The summed E-state index contributed by atoms with van der Waals surface area (Å²) in [6.45, 7) is 7.50. The van der Waals surface area contributed by atoms with Crippen molar-refractivity contribution in [1.29, 1.82) is 0 Å². The van der Waals surface area contributed by atoms with Gasteiger partial charge in [0, 0.05) is 17.6 Å². The average molecular weight is 311 g/mol. The van der Waals surface area contributed by atoms with Crippen LogP contribution in [0.3, 0.4) is 0 Å². The lowest BCUT2D eigenvalue weighted by atomic mass is 10.0. The maximum absolute atomic E-state index is 11.2. The molecule has 0 radical (unpaired) electrons. The van der Waals surface area contributed by atoms with E-state index in [9.17, 15) is 15.0 Å². The molecule has 2 atom stereocenters. The van der Waals surface area contributed by atoms with E-state index in [-0.39, 0.29) is 17.9 Å². The van der Waals surface area contributed by atoms with Crippen molar-refractivity contribution >= 4 is 5.97 Å². The molecule has 1 rings (SSSR count). The number of benzene rings is 1. The summed E-state index contributed by atoms with van der Waals surface area (Å²) in [5.74, 6) is -0.794. The SMILES string of the molecule is CC(O)C(=O)OCc1cc(C(O)CNC(C)(C)C)ccc1O. The van der Waals surface area contributed by atoms with Crippen molar-refractivity contribution in [1.82, 2.24) is 5.32 Å². The highest BCUT2D eigenvalue weighted by atomic mass is 16.5. The van der Waals surface area contributed by atoms with Crippen LogP contribution in [0.25, 0.3) is 0 Å². The van der Waals surface area contributed by atoms with Crippen LogP contribution in [0.2, 0.25) is 0 Å². The predicted octanol–water partition coefficient (Wildman–Crippen LogP) is 1.24. The molecule has 0 aliphatic heterocycles. The molecule has 1 aromatic rings. The van der Waals surface area contributed by atoms with Gasteiger partial charge in [0.25, 0.3) is 0 Å². The highest BCUT2D eigenvalue weighted by molar-refractivity contribution is 5.73. The first kappa shape index (κ1) is 18.4. The zero-order valence-corrected chi connectivity index (χ0v) is 13.5. The van der Waals surface area contributed by atoms with Gasteiger partial charge in [0.2, 0.25) is 0 Å². The van der Waals surface area contributed by atoms with Gasteiger partial charge < -0.3 is 25.4 Å². The lowest BCUT2D eigenvalue weighted by Crippen LogP contribution is -2.38. The molecule has 0 saturated carbocycles. The summed E-state index contributed by atoms with van der Waals surface area (Å²) >= 11 is 0. The highest BCUT2D eigenvalue weighted by Crippen LogP contribution is 2.23. The van der Waals surface area contributed by atoms with Gasteiger partial charge >= 0.3 is 5.97 Å². The van der Waals surface area contributed by atoms with Crippen molar-refractivity contribution in [2.45, 2.75) is 52.0 Å². The molecule has 4 N–H and O–H groups in total. The normalized spacial score (nSPS) is 14.5. The van der Waals surface area contributed by atoms with Crippen molar-refractivity contribution < 1.29 is 24.9 Å². The minimum absolute atomic E-state index is 0.0295. The smallest absolute Gasteiger partial charge is 0.334 e. The van der Waals surface area contributed by atoms with Crippen LogP contribution in [0, 0.1) is 0 Å². The third-order valence-electron chi connectivity index (χ3n) is 3.03. The third-order valence-corrected chi connectivity index (χ3v) is 3.03. The summed E-state index contributed by atoms with van der Waals surface area (Å²) in [6.07, 6.45) is -1.96. The molecule has 22 heavy (non-hydrogen) atoms. The van der Waals surface area contributed by atoms with E-state index in [1.54, 1.807) is 12.1 Å². The standard InChI is InChI=1S/C16H25NO5/c1-10(18)15(21)22-9-12-7-11(5-6-13(12)19)14(20)8-17-16(2,3)4/h5-7,10,14,17-20H,8-9H2,1-4H3. The first-order valence-corrected chi connectivity index (χ1v) is 7.20. The van der Waals surface area contributed by atoms with Crippen molar-refractivity contribution in [2.24, 2.45) is 0 Å². The number of aromatic hydroxyl groups is 1. The van der Waals surface area contributed by atoms with Gasteiger partial charge in [-0.2, -0.15) is 0 Å². The summed E-state index contributed by atoms with van der Waals surface area (Å²) in [5, 5.41) is 32.2. The molecule has 6 heteroatoms. The van der Waals surface area contributed by atoms with Crippen LogP contribution < -0.4 is 5.32 Å². The summed E-state index contributed by atoms with van der Waals surface area (Å²) in [5.41, 5.74) is 0.868. The second-order valence-corrected chi connectivity index (χ2v) is 6.32. The quantitative estimate of drug-likeness (QED) is 0.590. The summed E-state index contributed by atoms with van der Waals surface area (Å²) in [6, 6.07) is 4.64. The van der Waals surface area contributed by atoms with Gasteiger partial charge in [-0.05, 0) is 45.4 Å². The number of hydrogen-bond donors (Lipinski definition) is 4. The molecule has 0 aliphatic carbocycles. The van der Waals surface area contributed by atoms with Crippen molar-refractivity contribution in [2.75, 3.05) is 6.54 Å². The number of nitrogens with one attached hydrogen (secondary N) is 1. The van der Waals surface area contributed by atoms with Gasteiger partial charge in [0.15, 0.2) is 0 Å². The van der Waals surface area contributed by atoms with Crippen LogP contribution in [-0.2, 0) is 16.1 Å². The minimum Gasteiger partial charge on any atom is -0.508 e. The number of rotatable bonds is 6. The second-order valence-electron chi connectivity index (χ2n) is 6.32. The number of aliphatic hydroxyl groups is 2. The van der Waals surface area contributed by atoms with Crippen LogP contribution in [0.15, 0.2) is 18.2 Å². The van der Waals surface area contributed by atoms with Crippen molar-refractivity contribution in [3.05, 3.63) is 29.3 Å². The van der Waals surface area contributed by atoms with E-state index in [0.29, 0.717) is 17.7 Å². The monoisotopic (exact) mass is 311 g/mol. The minimum atomic E-state index is -1.22. The zero-order valence-electron chi connectivity index (χ0n) is 13.5. The van der Waals surface area contributed by atoms with Crippen LogP contribution in [0.5, 0.6) is 5.75 Å². The Kier molecular flexibility index (Phi) is 6.34. The number of aliphatic hydroxyl groups excluding tert-OH is 2. The maximum atomic E-state index is 11.2. The Labute approximate surface area is 130 Å². The predicted molar refractivity (Wildman–Crippen MR) is 82.3 cm³/mol. The fraction of sp³-hybridized carbons (Fsp3) is 0.562. The number of carbonyl (C=O) groups is 1. The van der Waals surface area contributed by atoms with Gasteiger partial charge in [-0.3, -0.25) is 0 Å². The highest BCUT2D eigenvalue weighted by Gasteiger charge is 2.16. The van der Waals surface area contributed by atoms with E-state index < -0.39 is 18.2 Å². The van der Waals surface area contributed by atoms with Crippen LogP contribution in [-0.4, -0.2) is 39.5 Å². The number of ether oxygens (including phenoxy) is 1. The molecule has 124 valence electrons. The molecule has 0 aromatic heterocycles. The van der Waals surface area contributed by atoms with Gasteiger partial charge in [0.05, 0.1) is 6.10 Å². The molecule has 1 aromatic carbocycles. The number of carbonyl (C=O) groups excluding carboxylic acids is 1. The molecule has 0 amide bonds. The molecular formula is C16H25NO5. The number of phenols is 1. The van der Waals surface area contributed by atoms with E-state index >= 15 is 0 Å². The van der Waals surface area contributed by atoms with Gasteiger partial charge in [-0.25, -0.2) is 4.79 Å². The first-order valence-electron chi connectivity index (χ1n) is 7.20.